The van der Waals surface area contributed by atoms with Crippen LogP contribution in [0.2, 0.25) is 0 Å². The van der Waals surface area contributed by atoms with Crippen molar-refractivity contribution >= 4 is 33.3 Å². The maximum atomic E-state index is 4.66. The summed E-state index contributed by atoms with van der Waals surface area (Å²) in [4.78, 5) is 9.26. The zero-order valence-corrected chi connectivity index (χ0v) is 14.3. The first kappa shape index (κ1) is 15.8. The van der Waals surface area contributed by atoms with E-state index in [4.69, 9.17) is 0 Å². The summed E-state index contributed by atoms with van der Waals surface area (Å²) in [6.45, 7) is 7.09. The lowest BCUT2D eigenvalue weighted by Crippen LogP contribution is -2.09. The predicted octanol–water partition coefficient (Wildman–Crippen LogP) is 4.68. The zero-order chi connectivity index (χ0) is 15.2. The van der Waals surface area contributed by atoms with Gasteiger partial charge >= 0.3 is 0 Å². The number of benzene rings is 1. The number of hydrogen-bond donors (Lipinski definition) is 2. The molecule has 0 saturated heterocycles. The second kappa shape index (κ2) is 7.41. The summed E-state index contributed by atoms with van der Waals surface area (Å²) in [6, 6.07) is 8.03. The van der Waals surface area contributed by atoms with Crippen LogP contribution in [0.4, 0.5) is 17.3 Å². The van der Waals surface area contributed by atoms with Crippen molar-refractivity contribution in [2.75, 3.05) is 17.2 Å². The van der Waals surface area contributed by atoms with E-state index >= 15 is 0 Å². The van der Waals surface area contributed by atoms with Gasteiger partial charge in [0.05, 0.1) is 5.69 Å². The molecule has 0 atom stereocenters. The van der Waals surface area contributed by atoms with Gasteiger partial charge in [-0.1, -0.05) is 19.1 Å². The number of nitrogens with one attached hydrogen (secondary N) is 2. The van der Waals surface area contributed by atoms with Gasteiger partial charge < -0.3 is 10.6 Å². The molecule has 2 rings (SSSR count). The summed E-state index contributed by atoms with van der Waals surface area (Å²) >= 11 is 3.56. The molecule has 2 N–H and O–H groups in total. The molecular formula is C16H21BrN4. The summed E-state index contributed by atoms with van der Waals surface area (Å²) in [6.07, 6.45) is 1.91. The van der Waals surface area contributed by atoms with Crippen molar-refractivity contribution in [3.8, 4) is 0 Å². The van der Waals surface area contributed by atoms with Crippen LogP contribution in [0.15, 0.2) is 28.7 Å². The number of aromatic nitrogens is 2. The van der Waals surface area contributed by atoms with Crippen molar-refractivity contribution in [1.29, 1.82) is 0 Å². The van der Waals surface area contributed by atoms with E-state index in [0.717, 1.165) is 52.6 Å². The van der Waals surface area contributed by atoms with E-state index in [-0.39, 0.29) is 0 Å². The third-order valence-electron chi connectivity index (χ3n) is 3.14. The minimum absolute atomic E-state index is 0.845. The van der Waals surface area contributed by atoms with Gasteiger partial charge in [-0.05, 0) is 48.3 Å². The van der Waals surface area contributed by atoms with Crippen LogP contribution >= 0.6 is 15.9 Å². The molecule has 1 aromatic carbocycles. The minimum atomic E-state index is 0.845. The number of nitrogens with zero attached hydrogens (tertiary/aromatic N) is 2. The lowest BCUT2D eigenvalue weighted by atomic mass is 10.2. The molecule has 112 valence electrons. The lowest BCUT2D eigenvalue weighted by molar-refractivity contribution is 0.833. The van der Waals surface area contributed by atoms with Gasteiger partial charge in [0.25, 0.3) is 0 Å². The molecule has 0 aliphatic carbocycles. The number of anilines is 3. The molecule has 0 amide bonds. The Morgan fingerprint density at radius 1 is 1.10 bits per heavy atom. The zero-order valence-electron chi connectivity index (χ0n) is 12.7. The fourth-order valence-electron chi connectivity index (χ4n) is 2.05. The smallest absolute Gasteiger partial charge is 0.139 e. The molecule has 0 aliphatic rings. The first-order valence-electron chi connectivity index (χ1n) is 7.28. The maximum absolute atomic E-state index is 4.66. The topological polar surface area (TPSA) is 49.8 Å². The second-order valence-electron chi connectivity index (χ2n) is 4.85. The maximum Gasteiger partial charge on any atom is 0.139 e. The van der Waals surface area contributed by atoms with Crippen molar-refractivity contribution in [1.82, 2.24) is 9.97 Å². The van der Waals surface area contributed by atoms with Gasteiger partial charge in [0.1, 0.15) is 17.5 Å². The molecular weight excluding hydrogens is 328 g/mol. The average molecular weight is 349 g/mol. The third kappa shape index (κ3) is 3.94. The molecule has 4 nitrogen and oxygen atoms in total. The highest BCUT2D eigenvalue weighted by Gasteiger charge is 2.11. The van der Waals surface area contributed by atoms with Crippen molar-refractivity contribution in [2.24, 2.45) is 0 Å². The third-order valence-corrected chi connectivity index (χ3v) is 3.83. The Bertz CT molecular complexity index is 613. The number of hydrogen-bond acceptors (Lipinski definition) is 4. The molecule has 0 saturated carbocycles. The van der Waals surface area contributed by atoms with Crippen LogP contribution in [0.25, 0.3) is 0 Å². The molecule has 5 heteroatoms. The fraction of sp³-hybridized carbons (Fsp3) is 0.375. The Labute approximate surface area is 134 Å². The van der Waals surface area contributed by atoms with Gasteiger partial charge in [0, 0.05) is 23.0 Å². The van der Waals surface area contributed by atoms with Gasteiger partial charge in [-0.15, -0.1) is 0 Å². The Kier molecular flexibility index (Phi) is 5.56. The van der Waals surface area contributed by atoms with Crippen LogP contribution in [0, 0.1) is 6.92 Å². The van der Waals surface area contributed by atoms with Gasteiger partial charge in [-0.3, -0.25) is 0 Å². The SMILES string of the molecule is CCCc1nc(NCC)c(C)c(Nc2ccccc2Br)n1. The van der Waals surface area contributed by atoms with E-state index in [9.17, 15) is 0 Å². The van der Waals surface area contributed by atoms with Crippen LogP contribution < -0.4 is 10.6 Å². The van der Waals surface area contributed by atoms with Crippen molar-refractivity contribution in [3.63, 3.8) is 0 Å². The molecule has 0 radical (unpaired) electrons. The number of halogens is 1. The summed E-state index contributed by atoms with van der Waals surface area (Å²) in [5.74, 6) is 2.63. The Hall–Kier alpha value is -1.62. The molecule has 0 aliphatic heterocycles. The molecule has 0 bridgehead atoms. The van der Waals surface area contributed by atoms with Crippen LogP contribution in [-0.4, -0.2) is 16.5 Å². The first-order valence-corrected chi connectivity index (χ1v) is 8.08. The molecule has 2 aromatic rings. The second-order valence-corrected chi connectivity index (χ2v) is 5.70. The minimum Gasteiger partial charge on any atom is -0.370 e. The normalized spacial score (nSPS) is 10.5. The van der Waals surface area contributed by atoms with E-state index in [1.165, 1.54) is 0 Å². The Balaban J connectivity index is 2.39. The molecule has 0 unspecified atom stereocenters. The van der Waals surface area contributed by atoms with Crippen molar-refractivity contribution in [2.45, 2.75) is 33.6 Å². The van der Waals surface area contributed by atoms with E-state index in [1.54, 1.807) is 0 Å². The van der Waals surface area contributed by atoms with Gasteiger partial charge in [-0.2, -0.15) is 0 Å². The van der Waals surface area contributed by atoms with Crippen LogP contribution in [0.1, 0.15) is 31.7 Å². The summed E-state index contributed by atoms with van der Waals surface area (Å²) in [5, 5.41) is 6.71. The highest BCUT2D eigenvalue weighted by molar-refractivity contribution is 9.10. The van der Waals surface area contributed by atoms with Gasteiger partial charge in [-0.25, -0.2) is 9.97 Å². The molecule has 1 heterocycles. The molecule has 21 heavy (non-hydrogen) atoms. The molecule has 1 aromatic heterocycles. The quantitative estimate of drug-likeness (QED) is 0.795. The number of rotatable bonds is 6. The average Bonchev–Trinajstić information content (AvgIpc) is 2.46. The molecule has 0 fully saturated rings. The van der Waals surface area contributed by atoms with Gasteiger partial charge in [0.15, 0.2) is 0 Å². The highest BCUT2D eigenvalue weighted by atomic mass is 79.9. The standard InChI is InChI=1S/C16H21BrN4/c1-4-8-14-20-15(18-5-2)11(3)16(21-14)19-13-10-7-6-9-12(13)17/h6-7,9-10H,4-5,8H2,1-3H3,(H2,18,19,20,21). The summed E-state index contributed by atoms with van der Waals surface area (Å²) in [5.41, 5.74) is 2.04. The number of para-hydroxylation sites is 1. The van der Waals surface area contributed by atoms with E-state index < -0.39 is 0 Å². The summed E-state index contributed by atoms with van der Waals surface area (Å²) in [7, 11) is 0. The molecule has 0 spiro atoms. The predicted molar refractivity (Wildman–Crippen MR) is 92.4 cm³/mol. The van der Waals surface area contributed by atoms with Crippen LogP contribution in [-0.2, 0) is 6.42 Å². The first-order chi connectivity index (χ1) is 10.2. The van der Waals surface area contributed by atoms with E-state index in [0.29, 0.717) is 0 Å². The lowest BCUT2D eigenvalue weighted by Gasteiger charge is -2.15. The fourth-order valence-corrected chi connectivity index (χ4v) is 2.43. The number of aryl methyl sites for hydroxylation is 1. The highest BCUT2D eigenvalue weighted by Crippen LogP contribution is 2.28. The van der Waals surface area contributed by atoms with Crippen molar-refractivity contribution < 1.29 is 0 Å². The monoisotopic (exact) mass is 348 g/mol. The van der Waals surface area contributed by atoms with E-state index in [2.05, 4.69) is 50.4 Å². The Morgan fingerprint density at radius 3 is 2.48 bits per heavy atom. The van der Waals surface area contributed by atoms with Gasteiger partial charge in [0.2, 0.25) is 0 Å². The van der Waals surface area contributed by atoms with Crippen LogP contribution in [0.3, 0.4) is 0 Å². The van der Waals surface area contributed by atoms with Crippen molar-refractivity contribution in [3.05, 3.63) is 40.1 Å². The largest absolute Gasteiger partial charge is 0.370 e. The van der Waals surface area contributed by atoms with E-state index in [1.807, 2.05) is 31.2 Å². The Morgan fingerprint density at radius 2 is 1.81 bits per heavy atom. The summed E-state index contributed by atoms with van der Waals surface area (Å²) < 4.78 is 1.02. The van der Waals surface area contributed by atoms with Crippen LogP contribution in [0.5, 0.6) is 0 Å².